The molecule has 114 valence electrons. The molecule has 4 nitrogen and oxygen atoms in total. The van der Waals surface area contributed by atoms with E-state index in [9.17, 15) is 9.36 Å². The third-order valence-corrected chi connectivity index (χ3v) is 5.46. The van der Waals surface area contributed by atoms with Gasteiger partial charge < -0.3 is 9.26 Å². The van der Waals surface area contributed by atoms with Crippen LogP contribution in [0.1, 0.15) is 0 Å². The van der Waals surface area contributed by atoms with Crippen molar-refractivity contribution in [1.82, 2.24) is 0 Å². The Morgan fingerprint density at radius 1 is 0.955 bits per heavy atom. The molecule has 2 rings (SSSR count). The lowest BCUT2D eigenvalue weighted by atomic mass is 10.4. The average molecular weight is 316 g/mol. The number of hydrogen-bond acceptors (Lipinski definition) is 4. The van der Waals surface area contributed by atoms with Gasteiger partial charge in [-0.2, -0.15) is 0 Å². The molecule has 0 aromatic heterocycles. The maximum Gasteiger partial charge on any atom is 0.330 e. The number of rotatable bonds is 7. The van der Waals surface area contributed by atoms with Gasteiger partial charge in [0.25, 0.3) is 7.37 Å². The minimum atomic E-state index is -3.21. The first-order valence-corrected chi connectivity index (χ1v) is 8.44. The van der Waals surface area contributed by atoms with Crippen LogP contribution in [0.5, 0.6) is 0 Å². The van der Waals surface area contributed by atoms with E-state index in [4.69, 9.17) is 9.26 Å². The summed E-state index contributed by atoms with van der Waals surface area (Å²) in [7, 11) is -3.21. The van der Waals surface area contributed by atoms with Crippen LogP contribution < -0.4 is 10.6 Å². The highest BCUT2D eigenvalue weighted by Gasteiger charge is 2.28. The lowest BCUT2D eigenvalue weighted by molar-refractivity contribution is -0.138. The standard InChI is InChI=1S/C17H17O4P/c1-2-17(18)20-13-14-21-22(19,15-9-5-3-6-10-15)16-11-7-4-8-12-16/h2-12H,1,13-14H2. The molecule has 2 aromatic carbocycles. The van der Waals surface area contributed by atoms with Crippen molar-refractivity contribution < 1.29 is 18.6 Å². The first-order chi connectivity index (χ1) is 10.7. The van der Waals surface area contributed by atoms with Crippen LogP contribution in [0.15, 0.2) is 73.3 Å². The number of ether oxygens (including phenoxy) is 1. The maximum atomic E-state index is 13.3. The molecular weight excluding hydrogens is 299 g/mol. The highest BCUT2D eigenvalue weighted by atomic mass is 31.2. The van der Waals surface area contributed by atoms with Gasteiger partial charge >= 0.3 is 5.97 Å². The van der Waals surface area contributed by atoms with Crippen molar-refractivity contribution in [2.75, 3.05) is 13.2 Å². The first-order valence-electron chi connectivity index (χ1n) is 6.82. The SMILES string of the molecule is C=CC(=O)OCCOP(=O)(c1ccccc1)c1ccccc1. The fourth-order valence-electron chi connectivity index (χ4n) is 1.91. The molecule has 0 amide bonds. The molecule has 5 heteroatoms. The number of hydrogen-bond donors (Lipinski definition) is 0. The molecule has 0 saturated carbocycles. The minimum absolute atomic E-state index is 0.0223. The smallest absolute Gasteiger partial charge is 0.330 e. The highest BCUT2D eigenvalue weighted by Crippen LogP contribution is 2.44. The second kappa shape index (κ2) is 7.74. The number of benzene rings is 2. The summed E-state index contributed by atoms with van der Waals surface area (Å²) in [4.78, 5) is 11.0. The summed E-state index contributed by atoms with van der Waals surface area (Å²) in [5.41, 5.74) is 0. The van der Waals surface area contributed by atoms with E-state index >= 15 is 0 Å². The minimum Gasteiger partial charge on any atom is -0.460 e. The molecule has 22 heavy (non-hydrogen) atoms. The predicted octanol–water partition coefficient (Wildman–Crippen LogP) is 2.66. The van der Waals surface area contributed by atoms with E-state index in [-0.39, 0.29) is 13.2 Å². The van der Waals surface area contributed by atoms with Gasteiger partial charge in [0, 0.05) is 16.7 Å². The van der Waals surface area contributed by atoms with Crippen LogP contribution in [0.4, 0.5) is 0 Å². The molecule has 0 saturated heterocycles. The summed E-state index contributed by atoms with van der Waals surface area (Å²) in [6.45, 7) is 3.38. The molecule has 0 radical (unpaired) electrons. The second-order valence-corrected chi connectivity index (χ2v) is 6.82. The Balaban J connectivity index is 2.18. The van der Waals surface area contributed by atoms with E-state index in [0.29, 0.717) is 10.6 Å². The highest BCUT2D eigenvalue weighted by molar-refractivity contribution is 7.74. The number of carbonyl (C=O) groups is 1. The molecule has 0 spiro atoms. The Morgan fingerprint density at radius 3 is 1.91 bits per heavy atom. The molecular formula is C17H17O4P. The fourth-order valence-corrected chi connectivity index (χ4v) is 3.97. The Kier molecular flexibility index (Phi) is 5.70. The average Bonchev–Trinajstić information content (AvgIpc) is 2.59. The molecule has 0 bridgehead atoms. The Morgan fingerprint density at radius 2 is 1.45 bits per heavy atom. The van der Waals surface area contributed by atoms with E-state index in [1.54, 1.807) is 24.3 Å². The quantitative estimate of drug-likeness (QED) is 0.341. The van der Waals surface area contributed by atoms with Crippen molar-refractivity contribution in [3.63, 3.8) is 0 Å². The van der Waals surface area contributed by atoms with Gasteiger partial charge in [-0.15, -0.1) is 0 Å². The van der Waals surface area contributed by atoms with Crippen molar-refractivity contribution in [3.05, 3.63) is 73.3 Å². The van der Waals surface area contributed by atoms with Gasteiger partial charge in [-0.05, 0) is 24.3 Å². The zero-order chi connectivity index (χ0) is 15.8. The van der Waals surface area contributed by atoms with Crippen molar-refractivity contribution in [2.45, 2.75) is 0 Å². The Bertz CT molecular complexity index is 624. The molecule has 0 aliphatic heterocycles. The third-order valence-electron chi connectivity index (χ3n) is 2.96. The largest absolute Gasteiger partial charge is 0.460 e. The van der Waals surface area contributed by atoms with E-state index in [1.165, 1.54) is 0 Å². The second-order valence-electron chi connectivity index (χ2n) is 4.43. The predicted molar refractivity (Wildman–Crippen MR) is 86.9 cm³/mol. The van der Waals surface area contributed by atoms with Gasteiger partial charge in [0.05, 0.1) is 6.61 Å². The zero-order valence-electron chi connectivity index (χ0n) is 12.1. The van der Waals surface area contributed by atoms with Crippen LogP contribution >= 0.6 is 7.37 Å². The third kappa shape index (κ3) is 3.94. The molecule has 0 heterocycles. The summed E-state index contributed by atoms with van der Waals surface area (Å²) >= 11 is 0. The summed E-state index contributed by atoms with van der Waals surface area (Å²) in [5.74, 6) is -0.530. The van der Waals surface area contributed by atoms with Crippen LogP contribution in [-0.2, 0) is 18.6 Å². The monoisotopic (exact) mass is 316 g/mol. The molecule has 0 unspecified atom stereocenters. The molecule has 0 atom stereocenters. The van der Waals surface area contributed by atoms with Crippen molar-refractivity contribution in [1.29, 1.82) is 0 Å². The van der Waals surface area contributed by atoms with Gasteiger partial charge in [0.2, 0.25) is 0 Å². The normalized spacial score (nSPS) is 10.9. The maximum absolute atomic E-state index is 13.3. The van der Waals surface area contributed by atoms with Crippen LogP contribution in [-0.4, -0.2) is 19.2 Å². The van der Waals surface area contributed by atoms with Gasteiger partial charge in [-0.1, -0.05) is 43.0 Å². The van der Waals surface area contributed by atoms with Crippen molar-refractivity contribution >= 4 is 23.9 Å². The van der Waals surface area contributed by atoms with Gasteiger partial charge in [0.15, 0.2) is 0 Å². The van der Waals surface area contributed by atoms with E-state index in [0.717, 1.165) is 6.08 Å². The zero-order valence-corrected chi connectivity index (χ0v) is 12.9. The molecule has 2 aromatic rings. The van der Waals surface area contributed by atoms with Crippen molar-refractivity contribution in [3.8, 4) is 0 Å². The molecule has 0 aliphatic rings. The Hall–Kier alpha value is -2.16. The summed E-state index contributed by atoms with van der Waals surface area (Å²) in [6.07, 6.45) is 1.08. The summed E-state index contributed by atoms with van der Waals surface area (Å²) in [5, 5.41) is 1.22. The summed E-state index contributed by atoms with van der Waals surface area (Å²) in [6, 6.07) is 18.0. The van der Waals surface area contributed by atoms with Crippen LogP contribution in [0, 0.1) is 0 Å². The Labute approximate surface area is 129 Å². The molecule has 0 N–H and O–H groups in total. The number of carbonyl (C=O) groups excluding carboxylic acids is 1. The van der Waals surface area contributed by atoms with E-state index in [1.807, 2.05) is 36.4 Å². The van der Waals surface area contributed by atoms with E-state index < -0.39 is 13.3 Å². The van der Waals surface area contributed by atoms with Gasteiger partial charge in [-0.25, -0.2) is 4.79 Å². The fraction of sp³-hybridized carbons (Fsp3) is 0.118. The van der Waals surface area contributed by atoms with Gasteiger partial charge in [0.1, 0.15) is 6.61 Å². The van der Waals surface area contributed by atoms with Crippen molar-refractivity contribution in [2.24, 2.45) is 0 Å². The molecule has 0 aliphatic carbocycles. The van der Waals surface area contributed by atoms with Gasteiger partial charge in [-0.3, -0.25) is 4.57 Å². The van der Waals surface area contributed by atoms with Crippen LogP contribution in [0.2, 0.25) is 0 Å². The number of esters is 1. The van der Waals surface area contributed by atoms with Crippen LogP contribution in [0.25, 0.3) is 0 Å². The lowest BCUT2D eigenvalue weighted by Crippen LogP contribution is -2.20. The van der Waals surface area contributed by atoms with Crippen LogP contribution in [0.3, 0.4) is 0 Å². The first kappa shape index (κ1) is 16.2. The summed E-state index contributed by atoms with van der Waals surface area (Å²) < 4.78 is 23.8. The molecule has 0 fully saturated rings. The topological polar surface area (TPSA) is 52.6 Å². The van der Waals surface area contributed by atoms with E-state index in [2.05, 4.69) is 6.58 Å². The lowest BCUT2D eigenvalue weighted by Gasteiger charge is -2.19.